The number of aromatic nitrogens is 3. The van der Waals surface area contributed by atoms with Gasteiger partial charge in [0.05, 0.1) is 5.69 Å². The standard InChI is InChI=1S/C17H18N4/c1-13-6-8-18-11-16(13)12-19-10-14-2-4-15(5-3-14)17-7-9-20-21-17/h2-9,11,19H,10,12H2,1H3,(H,20,21). The summed E-state index contributed by atoms with van der Waals surface area (Å²) in [4.78, 5) is 4.16. The van der Waals surface area contributed by atoms with E-state index in [1.54, 1.807) is 6.20 Å². The molecule has 3 rings (SSSR count). The van der Waals surface area contributed by atoms with Crippen LogP contribution in [0, 0.1) is 6.92 Å². The van der Waals surface area contributed by atoms with Crippen LogP contribution in [0.15, 0.2) is 55.0 Å². The quantitative estimate of drug-likeness (QED) is 0.754. The smallest absolute Gasteiger partial charge is 0.0650 e. The Hall–Kier alpha value is -2.46. The molecule has 3 aromatic rings. The minimum atomic E-state index is 0.835. The molecule has 2 N–H and O–H groups in total. The lowest BCUT2D eigenvalue weighted by Crippen LogP contribution is -2.13. The van der Waals surface area contributed by atoms with Crippen LogP contribution in [0.2, 0.25) is 0 Å². The number of pyridine rings is 1. The average Bonchev–Trinajstić information content (AvgIpc) is 3.04. The van der Waals surface area contributed by atoms with Crippen molar-refractivity contribution in [2.24, 2.45) is 0 Å². The molecule has 106 valence electrons. The van der Waals surface area contributed by atoms with E-state index in [-0.39, 0.29) is 0 Å². The molecule has 2 heterocycles. The summed E-state index contributed by atoms with van der Waals surface area (Å²) in [6.45, 7) is 3.79. The van der Waals surface area contributed by atoms with Crippen LogP contribution < -0.4 is 5.32 Å². The molecule has 0 aliphatic carbocycles. The predicted molar refractivity (Wildman–Crippen MR) is 83.5 cm³/mol. The zero-order chi connectivity index (χ0) is 14.5. The Kier molecular flexibility index (Phi) is 4.07. The Morgan fingerprint density at radius 1 is 1.00 bits per heavy atom. The normalized spacial score (nSPS) is 10.7. The zero-order valence-corrected chi connectivity index (χ0v) is 12.0. The SMILES string of the molecule is Cc1ccncc1CNCc1ccc(-c2ccn[nH]2)cc1. The molecule has 4 heteroatoms. The van der Waals surface area contributed by atoms with Crippen molar-refractivity contribution in [1.82, 2.24) is 20.5 Å². The van der Waals surface area contributed by atoms with Crippen LogP contribution in [0.1, 0.15) is 16.7 Å². The fourth-order valence-electron chi connectivity index (χ4n) is 2.24. The van der Waals surface area contributed by atoms with Crippen LogP contribution in [0.4, 0.5) is 0 Å². The van der Waals surface area contributed by atoms with Crippen molar-refractivity contribution in [3.8, 4) is 11.3 Å². The van der Waals surface area contributed by atoms with Crippen LogP contribution in [-0.4, -0.2) is 15.2 Å². The molecular weight excluding hydrogens is 260 g/mol. The number of nitrogens with zero attached hydrogens (tertiary/aromatic N) is 2. The van der Waals surface area contributed by atoms with Gasteiger partial charge in [0, 0.05) is 31.7 Å². The largest absolute Gasteiger partial charge is 0.309 e. The number of aromatic amines is 1. The van der Waals surface area contributed by atoms with Gasteiger partial charge in [-0.2, -0.15) is 5.10 Å². The first-order valence-corrected chi connectivity index (χ1v) is 7.02. The molecule has 0 atom stereocenters. The molecule has 4 nitrogen and oxygen atoms in total. The Balaban J connectivity index is 1.58. The van der Waals surface area contributed by atoms with Crippen LogP contribution in [0.5, 0.6) is 0 Å². The van der Waals surface area contributed by atoms with Gasteiger partial charge in [-0.15, -0.1) is 0 Å². The van der Waals surface area contributed by atoms with E-state index in [2.05, 4.69) is 51.7 Å². The van der Waals surface area contributed by atoms with E-state index in [9.17, 15) is 0 Å². The van der Waals surface area contributed by atoms with Gasteiger partial charge >= 0.3 is 0 Å². The summed E-state index contributed by atoms with van der Waals surface area (Å²) in [6, 6.07) is 12.5. The van der Waals surface area contributed by atoms with E-state index >= 15 is 0 Å². The second-order valence-electron chi connectivity index (χ2n) is 5.07. The maximum atomic E-state index is 4.16. The predicted octanol–water partition coefficient (Wildman–Crippen LogP) is 3.07. The lowest BCUT2D eigenvalue weighted by molar-refractivity contribution is 0.688. The maximum Gasteiger partial charge on any atom is 0.0650 e. The molecule has 0 radical (unpaired) electrons. The average molecular weight is 278 g/mol. The second kappa shape index (κ2) is 6.33. The molecule has 0 bridgehead atoms. The second-order valence-corrected chi connectivity index (χ2v) is 5.07. The molecule has 0 fully saturated rings. The molecule has 0 saturated carbocycles. The van der Waals surface area contributed by atoms with Crippen molar-refractivity contribution in [2.75, 3.05) is 0 Å². The Morgan fingerprint density at radius 2 is 1.86 bits per heavy atom. The lowest BCUT2D eigenvalue weighted by atomic mass is 10.1. The van der Waals surface area contributed by atoms with Gasteiger partial charge in [0.25, 0.3) is 0 Å². The number of aryl methyl sites for hydroxylation is 1. The van der Waals surface area contributed by atoms with Crippen LogP contribution in [0.3, 0.4) is 0 Å². The van der Waals surface area contributed by atoms with E-state index in [4.69, 9.17) is 0 Å². The Labute approximate surface area is 124 Å². The van der Waals surface area contributed by atoms with Gasteiger partial charge in [-0.25, -0.2) is 0 Å². The third kappa shape index (κ3) is 3.35. The van der Waals surface area contributed by atoms with E-state index < -0.39 is 0 Å². The number of rotatable bonds is 5. The topological polar surface area (TPSA) is 53.6 Å². The van der Waals surface area contributed by atoms with Crippen molar-refractivity contribution < 1.29 is 0 Å². The number of hydrogen-bond acceptors (Lipinski definition) is 3. The fourth-order valence-corrected chi connectivity index (χ4v) is 2.24. The first-order chi connectivity index (χ1) is 10.3. The van der Waals surface area contributed by atoms with E-state index in [1.807, 2.05) is 24.5 Å². The fraction of sp³-hybridized carbons (Fsp3) is 0.176. The summed E-state index contributed by atoms with van der Waals surface area (Å²) in [6.07, 6.45) is 5.51. The van der Waals surface area contributed by atoms with Crippen molar-refractivity contribution >= 4 is 0 Å². The Bertz CT molecular complexity index is 687. The van der Waals surface area contributed by atoms with Crippen LogP contribution in [0.25, 0.3) is 11.3 Å². The number of benzene rings is 1. The number of hydrogen-bond donors (Lipinski definition) is 2. The third-order valence-electron chi connectivity index (χ3n) is 3.56. The minimum absolute atomic E-state index is 0.835. The monoisotopic (exact) mass is 278 g/mol. The number of nitrogens with one attached hydrogen (secondary N) is 2. The summed E-state index contributed by atoms with van der Waals surface area (Å²) >= 11 is 0. The molecule has 0 aliphatic heterocycles. The van der Waals surface area contributed by atoms with Gasteiger partial charge < -0.3 is 5.32 Å². The van der Waals surface area contributed by atoms with Crippen molar-refractivity contribution in [1.29, 1.82) is 0 Å². The van der Waals surface area contributed by atoms with Crippen molar-refractivity contribution in [3.63, 3.8) is 0 Å². The summed E-state index contributed by atoms with van der Waals surface area (Å²) in [5, 5.41) is 10.4. The molecule has 21 heavy (non-hydrogen) atoms. The molecule has 0 amide bonds. The maximum absolute atomic E-state index is 4.16. The van der Waals surface area contributed by atoms with Crippen LogP contribution in [-0.2, 0) is 13.1 Å². The molecular formula is C17H18N4. The van der Waals surface area contributed by atoms with Gasteiger partial charge in [0.2, 0.25) is 0 Å². The summed E-state index contributed by atoms with van der Waals surface area (Å²) in [5.74, 6) is 0. The molecule has 2 aromatic heterocycles. The molecule has 0 aliphatic rings. The summed E-state index contributed by atoms with van der Waals surface area (Å²) < 4.78 is 0. The highest BCUT2D eigenvalue weighted by Crippen LogP contribution is 2.16. The van der Waals surface area contributed by atoms with Gasteiger partial charge in [-0.3, -0.25) is 10.1 Å². The molecule has 0 saturated heterocycles. The highest BCUT2D eigenvalue weighted by molar-refractivity contribution is 5.58. The van der Waals surface area contributed by atoms with Crippen molar-refractivity contribution in [3.05, 3.63) is 71.7 Å². The van der Waals surface area contributed by atoms with Gasteiger partial charge in [-0.05, 0) is 41.3 Å². The zero-order valence-electron chi connectivity index (χ0n) is 12.0. The molecule has 0 spiro atoms. The Morgan fingerprint density at radius 3 is 2.57 bits per heavy atom. The van der Waals surface area contributed by atoms with Gasteiger partial charge in [0.1, 0.15) is 0 Å². The first-order valence-electron chi connectivity index (χ1n) is 7.02. The molecule has 1 aromatic carbocycles. The summed E-state index contributed by atoms with van der Waals surface area (Å²) in [5.41, 5.74) is 5.97. The highest BCUT2D eigenvalue weighted by Gasteiger charge is 2.00. The third-order valence-corrected chi connectivity index (χ3v) is 3.56. The first kappa shape index (κ1) is 13.5. The minimum Gasteiger partial charge on any atom is -0.309 e. The van der Waals surface area contributed by atoms with E-state index in [1.165, 1.54) is 16.7 Å². The van der Waals surface area contributed by atoms with Gasteiger partial charge in [0.15, 0.2) is 0 Å². The number of H-pyrrole nitrogens is 1. The highest BCUT2D eigenvalue weighted by atomic mass is 15.1. The van der Waals surface area contributed by atoms with E-state index in [0.717, 1.165) is 24.3 Å². The van der Waals surface area contributed by atoms with Crippen LogP contribution >= 0.6 is 0 Å². The molecule has 0 unspecified atom stereocenters. The van der Waals surface area contributed by atoms with E-state index in [0.29, 0.717) is 0 Å². The lowest BCUT2D eigenvalue weighted by Gasteiger charge is -2.07. The summed E-state index contributed by atoms with van der Waals surface area (Å²) in [7, 11) is 0. The van der Waals surface area contributed by atoms with Crippen molar-refractivity contribution in [2.45, 2.75) is 20.0 Å². The van der Waals surface area contributed by atoms with Gasteiger partial charge in [-0.1, -0.05) is 24.3 Å².